The fourth-order valence-corrected chi connectivity index (χ4v) is 9.79. The molecule has 5 rings (SSSR count). The average molecular weight is 679 g/mol. The van der Waals surface area contributed by atoms with Crippen LogP contribution >= 0.6 is 0 Å². The van der Waals surface area contributed by atoms with E-state index in [1.807, 2.05) is 27.7 Å². The van der Waals surface area contributed by atoms with Crippen LogP contribution < -0.4 is 4.74 Å². The van der Waals surface area contributed by atoms with Gasteiger partial charge in [0.1, 0.15) is 36.3 Å². The van der Waals surface area contributed by atoms with Crippen molar-refractivity contribution in [2.24, 2.45) is 22.7 Å². The van der Waals surface area contributed by atoms with Crippen molar-refractivity contribution >= 4 is 5.78 Å². The molecule has 1 aromatic rings. The van der Waals surface area contributed by atoms with Crippen LogP contribution in [-0.2, 0) is 26.1 Å². The van der Waals surface area contributed by atoms with E-state index >= 15 is 0 Å². The minimum Gasteiger partial charge on any atom is -0.504 e. The van der Waals surface area contributed by atoms with E-state index in [-0.39, 0.29) is 29.6 Å². The second-order valence-corrected chi connectivity index (χ2v) is 16.0. The van der Waals surface area contributed by atoms with Crippen molar-refractivity contribution in [3.63, 3.8) is 0 Å². The first-order valence-electron chi connectivity index (χ1n) is 16.8. The fourth-order valence-electron chi connectivity index (χ4n) is 9.79. The Morgan fingerprint density at radius 2 is 1.73 bits per heavy atom. The van der Waals surface area contributed by atoms with Crippen molar-refractivity contribution < 1.29 is 59.9 Å². The molecule has 0 spiro atoms. The summed E-state index contributed by atoms with van der Waals surface area (Å²) in [6, 6.07) is 1.57. The van der Waals surface area contributed by atoms with Gasteiger partial charge in [-0.2, -0.15) is 0 Å². The molecular formula is C36H54O12. The monoisotopic (exact) mass is 678 g/mol. The molecule has 3 fully saturated rings. The zero-order valence-electron chi connectivity index (χ0n) is 29.2. The summed E-state index contributed by atoms with van der Waals surface area (Å²) in [6.07, 6.45) is -5.56. The van der Waals surface area contributed by atoms with Crippen LogP contribution in [0.1, 0.15) is 77.5 Å². The Morgan fingerprint density at radius 3 is 2.33 bits per heavy atom. The number of rotatable bonds is 8. The quantitative estimate of drug-likeness (QED) is 0.182. The molecule has 0 bridgehead atoms. The molecule has 8 N–H and O–H groups in total. The zero-order chi connectivity index (χ0) is 35.9. The Hall–Kier alpha value is -2.13. The number of carbonyl (C=O) groups is 1. The van der Waals surface area contributed by atoms with Gasteiger partial charge in [0.25, 0.3) is 0 Å². The van der Waals surface area contributed by atoms with Gasteiger partial charge in [0.2, 0.25) is 6.29 Å². The van der Waals surface area contributed by atoms with E-state index in [0.29, 0.717) is 30.4 Å². The zero-order valence-corrected chi connectivity index (χ0v) is 29.2. The van der Waals surface area contributed by atoms with Gasteiger partial charge >= 0.3 is 0 Å². The highest BCUT2D eigenvalue weighted by Crippen LogP contribution is 2.72. The molecular weight excluding hydrogens is 624 g/mol. The Labute approximate surface area is 282 Å². The minimum atomic E-state index is -1.79. The second-order valence-electron chi connectivity index (χ2n) is 16.0. The standard InChI is InChI=1S/C36H54O12/c1-17-18-9-10-23-33(4)14-20(38)30(36(7,45)24(39)11-12-32(2,3)46-8)34(33,5)15-25(40)35(23,6)19(18)13-21(26(17)41)47-31-29(44)28(43)27(42)22(16-37)48-31/h11-13,20,22-24,27-31,37-39,41-45H,9-10,14-16H2,1-8H3. The number of benzene rings is 1. The Bertz CT molecular complexity index is 1440. The van der Waals surface area contributed by atoms with Crippen LogP contribution in [-0.4, -0.2) is 114 Å². The molecule has 3 aliphatic carbocycles. The van der Waals surface area contributed by atoms with E-state index in [1.165, 1.54) is 13.0 Å². The maximum absolute atomic E-state index is 14.6. The van der Waals surface area contributed by atoms with E-state index in [9.17, 15) is 45.6 Å². The first-order chi connectivity index (χ1) is 22.1. The Kier molecular flexibility index (Phi) is 9.50. The fraction of sp³-hybridized carbons (Fsp3) is 0.750. The van der Waals surface area contributed by atoms with Crippen LogP contribution in [0.4, 0.5) is 0 Å². The maximum Gasteiger partial charge on any atom is 0.229 e. The number of phenols is 1. The van der Waals surface area contributed by atoms with Crippen LogP contribution in [0.2, 0.25) is 0 Å². The number of hydrogen-bond acceptors (Lipinski definition) is 12. The molecule has 2 saturated carbocycles. The summed E-state index contributed by atoms with van der Waals surface area (Å²) in [6.45, 7) is 12.1. The number of ketones is 1. The maximum atomic E-state index is 14.6. The number of hydrogen-bond donors (Lipinski definition) is 8. The molecule has 13 atom stereocenters. The first kappa shape index (κ1) is 37.1. The highest BCUT2D eigenvalue weighted by molar-refractivity contribution is 5.93. The van der Waals surface area contributed by atoms with Gasteiger partial charge < -0.3 is 55.1 Å². The van der Waals surface area contributed by atoms with Gasteiger partial charge in [-0.05, 0) is 93.4 Å². The number of ether oxygens (including phenoxy) is 3. The van der Waals surface area contributed by atoms with Crippen molar-refractivity contribution in [2.45, 2.75) is 134 Å². The highest BCUT2D eigenvalue weighted by Gasteiger charge is 2.73. The molecule has 0 aromatic heterocycles. The van der Waals surface area contributed by atoms with Gasteiger partial charge in [-0.3, -0.25) is 4.79 Å². The number of aromatic hydroxyl groups is 1. The number of carbonyl (C=O) groups excluding carboxylic acids is 1. The van der Waals surface area contributed by atoms with E-state index in [0.717, 1.165) is 5.56 Å². The number of phenolic OH excluding ortho intramolecular Hbond substituents is 1. The highest BCUT2D eigenvalue weighted by atomic mass is 16.7. The number of fused-ring (bicyclic) bond motifs is 5. The smallest absolute Gasteiger partial charge is 0.229 e. The van der Waals surface area contributed by atoms with Crippen molar-refractivity contribution in [1.82, 2.24) is 0 Å². The summed E-state index contributed by atoms with van der Waals surface area (Å²) >= 11 is 0. The summed E-state index contributed by atoms with van der Waals surface area (Å²) in [4.78, 5) is 14.6. The van der Waals surface area contributed by atoms with Gasteiger partial charge in [-0.25, -0.2) is 0 Å². The third-order valence-electron chi connectivity index (χ3n) is 13.0. The summed E-state index contributed by atoms with van der Waals surface area (Å²) in [7, 11) is 1.54. The lowest BCUT2D eigenvalue weighted by Gasteiger charge is -2.62. The number of aliphatic hydroxyl groups is 7. The van der Waals surface area contributed by atoms with Crippen molar-refractivity contribution in [1.29, 1.82) is 0 Å². The second kappa shape index (κ2) is 12.3. The van der Waals surface area contributed by atoms with Gasteiger partial charge in [0.05, 0.1) is 29.3 Å². The lowest BCUT2D eigenvalue weighted by molar-refractivity contribution is -0.277. The van der Waals surface area contributed by atoms with Crippen molar-refractivity contribution in [3.05, 3.63) is 34.9 Å². The van der Waals surface area contributed by atoms with Gasteiger partial charge in [0, 0.05) is 19.4 Å². The summed E-state index contributed by atoms with van der Waals surface area (Å²) in [5, 5.41) is 86.9. The molecule has 13 unspecified atom stereocenters. The molecule has 12 nitrogen and oxygen atoms in total. The van der Waals surface area contributed by atoms with Gasteiger partial charge in [-0.1, -0.05) is 26.0 Å². The molecule has 48 heavy (non-hydrogen) atoms. The molecule has 0 amide bonds. The van der Waals surface area contributed by atoms with Gasteiger partial charge in [-0.15, -0.1) is 0 Å². The van der Waals surface area contributed by atoms with Crippen molar-refractivity contribution in [2.75, 3.05) is 13.7 Å². The molecule has 1 aromatic carbocycles. The van der Waals surface area contributed by atoms with Crippen LogP contribution in [0.15, 0.2) is 18.2 Å². The topological polar surface area (TPSA) is 207 Å². The van der Waals surface area contributed by atoms with E-state index in [1.54, 1.807) is 26.2 Å². The van der Waals surface area contributed by atoms with Crippen molar-refractivity contribution in [3.8, 4) is 11.5 Å². The normalized spacial score (nSPS) is 41.8. The molecule has 0 radical (unpaired) electrons. The Balaban J connectivity index is 1.54. The van der Waals surface area contributed by atoms with E-state index < -0.39 is 82.9 Å². The van der Waals surface area contributed by atoms with Crippen LogP contribution in [0.25, 0.3) is 0 Å². The van der Waals surface area contributed by atoms with Crippen LogP contribution in [0, 0.1) is 29.6 Å². The Morgan fingerprint density at radius 1 is 1.08 bits per heavy atom. The third-order valence-corrected chi connectivity index (χ3v) is 13.0. The SMILES string of the molecule is COC(C)(C)C=CC(O)C(C)(O)C1C(O)CC2(C)C3CCc4c(cc(OC5OC(CO)C(O)C(O)C5O)c(O)c4C)C3(C)C(=O)CC12C. The lowest BCUT2D eigenvalue weighted by Crippen LogP contribution is -2.64. The predicted molar refractivity (Wildman–Crippen MR) is 173 cm³/mol. The minimum absolute atomic E-state index is 0.0106. The predicted octanol–water partition coefficient (Wildman–Crippen LogP) is 1.16. The molecule has 1 aliphatic heterocycles. The molecule has 12 heteroatoms. The average Bonchev–Trinajstić information content (AvgIpc) is 3.23. The summed E-state index contributed by atoms with van der Waals surface area (Å²) in [5.41, 5.74) is -3.23. The van der Waals surface area contributed by atoms with E-state index in [4.69, 9.17) is 14.2 Å². The summed E-state index contributed by atoms with van der Waals surface area (Å²) in [5.74, 6) is -1.58. The van der Waals surface area contributed by atoms with Gasteiger partial charge in [0.15, 0.2) is 11.5 Å². The van der Waals surface area contributed by atoms with Crippen LogP contribution in [0.3, 0.4) is 0 Å². The molecule has 270 valence electrons. The van der Waals surface area contributed by atoms with E-state index in [2.05, 4.69) is 6.92 Å². The van der Waals surface area contributed by atoms with Crippen LogP contribution in [0.5, 0.6) is 11.5 Å². The summed E-state index contributed by atoms with van der Waals surface area (Å²) < 4.78 is 16.9. The largest absolute Gasteiger partial charge is 0.504 e. The number of aliphatic hydroxyl groups excluding tert-OH is 6. The molecule has 1 heterocycles. The first-order valence-corrected chi connectivity index (χ1v) is 16.8. The number of methoxy groups -OCH3 is 1. The lowest BCUT2D eigenvalue weighted by atomic mass is 9.41. The molecule has 4 aliphatic rings. The third kappa shape index (κ3) is 5.34. The number of Topliss-reactive ketones (excluding diaryl/α,β-unsaturated/α-hetero) is 1. The molecule has 1 saturated heterocycles.